The van der Waals surface area contributed by atoms with Crippen LogP contribution >= 0.6 is 47.1 Å². The van der Waals surface area contributed by atoms with Crippen LogP contribution in [0.5, 0.6) is 0 Å². The number of nitrogens with one attached hydrogen (secondary N) is 1. The molecule has 0 spiro atoms. The van der Waals surface area contributed by atoms with Crippen LogP contribution in [0.2, 0.25) is 0 Å². The van der Waals surface area contributed by atoms with Gasteiger partial charge in [0.15, 0.2) is 5.96 Å². The number of guanidine groups is 1. The Balaban J connectivity index is 0.00000264. The first kappa shape index (κ1) is 21.0. The third-order valence-electron chi connectivity index (χ3n) is 3.54. The average molecular weight is 468 g/mol. The van der Waals surface area contributed by atoms with Crippen molar-refractivity contribution in [2.75, 3.05) is 31.9 Å². The molecule has 1 fully saturated rings. The SMILES string of the molecule is CCNC(=NCCCc1nc(C)cs1)N1CCSC(C)(C)C1.I. The van der Waals surface area contributed by atoms with Gasteiger partial charge in [0.25, 0.3) is 0 Å². The minimum absolute atomic E-state index is 0. The first-order chi connectivity index (χ1) is 10.5. The van der Waals surface area contributed by atoms with Crippen molar-refractivity contribution in [3.63, 3.8) is 0 Å². The predicted molar refractivity (Wildman–Crippen MR) is 115 cm³/mol. The molecule has 132 valence electrons. The van der Waals surface area contributed by atoms with Crippen molar-refractivity contribution < 1.29 is 0 Å². The van der Waals surface area contributed by atoms with Crippen LogP contribution in [0.15, 0.2) is 10.4 Å². The fraction of sp³-hybridized carbons (Fsp3) is 0.750. The van der Waals surface area contributed by atoms with E-state index in [1.54, 1.807) is 11.3 Å². The van der Waals surface area contributed by atoms with Crippen LogP contribution in [-0.2, 0) is 6.42 Å². The predicted octanol–water partition coefficient (Wildman–Crippen LogP) is 3.80. The summed E-state index contributed by atoms with van der Waals surface area (Å²) >= 11 is 3.81. The summed E-state index contributed by atoms with van der Waals surface area (Å²) in [4.78, 5) is 11.7. The normalized spacial score (nSPS) is 17.7. The van der Waals surface area contributed by atoms with Gasteiger partial charge in [-0.05, 0) is 34.1 Å². The van der Waals surface area contributed by atoms with Gasteiger partial charge in [-0.25, -0.2) is 4.98 Å². The van der Waals surface area contributed by atoms with Crippen LogP contribution in [0.1, 0.15) is 37.9 Å². The van der Waals surface area contributed by atoms with Crippen molar-refractivity contribution >= 4 is 53.0 Å². The molecule has 23 heavy (non-hydrogen) atoms. The zero-order chi connectivity index (χ0) is 16.0. The van der Waals surface area contributed by atoms with Crippen molar-refractivity contribution in [1.82, 2.24) is 15.2 Å². The number of nitrogens with zero attached hydrogens (tertiary/aromatic N) is 3. The number of hydrogen-bond acceptors (Lipinski definition) is 4. The standard InChI is InChI=1S/C16H28N4S2.HI/c1-5-17-15(20-9-10-22-16(3,4)12-20)18-8-6-7-14-19-13(2)11-21-14;/h11H,5-10,12H2,1-4H3,(H,17,18);1H. The van der Waals surface area contributed by atoms with Gasteiger partial charge in [0, 0.05) is 54.2 Å². The van der Waals surface area contributed by atoms with Crippen molar-refractivity contribution in [2.24, 2.45) is 4.99 Å². The zero-order valence-corrected chi connectivity index (χ0v) is 18.6. The molecule has 1 N–H and O–H groups in total. The first-order valence-corrected chi connectivity index (χ1v) is 9.95. The average Bonchev–Trinajstić information content (AvgIpc) is 2.87. The maximum Gasteiger partial charge on any atom is 0.193 e. The molecular formula is C16H29IN4S2. The molecule has 4 nitrogen and oxygen atoms in total. The Kier molecular flexibility index (Phi) is 9.21. The topological polar surface area (TPSA) is 40.5 Å². The zero-order valence-electron chi connectivity index (χ0n) is 14.6. The molecule has 2 heterocycles. The third kappa shape index (κ3) is 7.17. The van der Waals surface area contributed by atoms with E-state index in [1.165, 1.54) is 10.8 Å². The highest BCUT2D eigenvalue weighted by molar-refractivity contribution is 14.0. The van der Waals surface area contributed by atoms with Gasteiger partial charge in [0.05, 0.1) is 5.01 Å². The number of hydrogen-bond donors (Lipinski definition) is 1. The number of thiazole rings is 1. The van der Waals surface area contributed by atoms with Gasteiger partial charge in [-0.2, -0.15) is 11.8 Å². The van der Waals surface area contributed by atoms with E-state index >= 15 is 0 Å². The van der Waals surface area contributed by atoms with E-state index in [0.717, 1.165) is 50.7 Å². The van der Waals surface area contributed by atoms with E-state index in [2.05, 4.69) is 60.0 Å². The minimum atomic E-state index is 0. The maximum absolute atomic E-state index is 4.82. The van der Waals surface area contributed by atoms with E-state index in [1.807, 2.05) is 0 Å². The Morgan fingerprint density at radius 2 is 2.26 bits per heavy atom. The Morgan fingerprint density at radius 1 is 1.48 bits per heavy atom. The molecule has 0 bridgehead atoms. The van der Waals surface area contributed by atoms with Crippen LogP contribution in [0, 0.1) is 6.92 Å². The quantitative estimate of drug-likeness (QED) is 0.309. The first-order valence-electron chi connectivity index (χ1n) is 8.08. The summed E-state index contributed by atoms with van der Waals surface area (Å²) in [6.07, 6.45) is 2.09. The fourth-order valence-electron chi connectivity index (χ4n) is 2.56. The maximum atomic E-state index is 4.82. The Hall–Kier alpha value is -0.0200. The minimum Gasteiger partial charge on any atom is -0.357 e. The van der Waals surface area contributed by atoms with Gasteiger partial charge >= 0.3 is 0 Å². The van der Waals surface area contributed by atoms with E-state index < -0.39 is 0 Å². The third-order valence-corrected chi connectivity index (χ3v) is 5.86. The molecule has 1 aromatic heterocycles. The van der Waals surface area contributed by atoms with E-state index in [-0.39, 0.29) is 24.0 Å². The van der Waals surface area contributed by atoms with Gasteiger partial charge in [-0.1, -0.05) is 0 Å². The molecule has 0 aromatic carbocycles. The molecule has 1 aromatic rings. The summed E-state index contributed by atoms with van der Waals surface area (Å²) in [5, 5.41) is 6.80. The van der Waals surface area contributed by atoms with Gasteiger partial charge in [-0.15, -0.1) is 35.3 Å². The number of aliphatic imine (C=N–C) groups is 1. The molecule has 1 aliphatic rings. The smallest absolute Gasteiger partial charge is 0.193 e. The molecule has 0 saturated carbocycles. The molecule has 7 heteroatoms. The highest BCUT2D eigenvalue weighted by Gasteiger charge is 2.28. The lowest BCUT2D eigenvalue weighted by Crippen LogP contribution is -2.51. The second-order valence-corrected chi connectivity index (χ2v) is 9.00. The van der Waals surface area contributed by atoms with Crippen LogP contribution in [-0.4, -0.2) is 52.5 Å². The van der Waals surface area contributed by atoms with Gasteiger partial charge in [0.2, 0.25) is 0 Å². The summed E-state index contributed by atoms with van der Waals surface area (Å²) in [7, 11) is 0. The van der Waals surface area contributed by atoms with Gasteiger partial charge in [0.1, 0.15) is 0 Å². The molecule has 0 unspecified atom stereocenters. The number of thioether (sulfide) groups is 1. The second-order valence-electron chi connectivity index (χ2n) is 6.25. The number of aromatic nitrogens is 1. The summed E-state index contributed by atoms with van der Waals surface area (Å²) in [5.41, 5.74) is 1.13. The Morgan fingerprint density at radius 3 is 2.87 bits per heavy atom. The Bertz CT molecular complexity index is 502. The highest BCUT2D eigenvalue weighted by Crippen LogP contribution is 2.29. The van der Waals surface area contributed by atoms with Gasteiger partial charge < -0.3 is 10.2 Å². The van der Waals surface area contributed by atoms with Crippen LogP contribution in [0.3, 0.4) is 0 Å². The molecule has 0 radical (unpaired) electrons. The largest absolute Gasteiger partial charge is 0.357 e. The van der Waals surface area contributed by atoms with Gasteiger partial charge in [-0.3, -0.25) is 4.99 Å². The van der Waals surface area contributed by atoms with E-state index in [0.29, 0.717) is 4.75 Å². The molecule has 0 aliphatic carbocycles. The highest BCUT2D eigenvalue weighted by atomic mass is 127. The van der Waals surface area contributed by atoms with Crippen molar-refractivity contribution in [3.8, 4) is 0 Å². The van der Waals surface area contributed by atoms with Crippen LogP contribution in [0.25, 0.3) is 0 Å². The summed E-state index contributed by atoms with van der Waals surface area (Å²) in [5.74, 6) is 2.25. The van der Waals surface area contributed by atoms with Crippen molar-refractivity contribution in [1.29, 1.82) is 0 Å². The monoisotopic (exact) mass is 468 g/mol. The lowest BCUT2D eigenvalue weighted by Gasteiger charge is -2.39. The lowest BCUT2D eigenvalue weighted by molar-refractivity contribution is 0.376. The van der Waals surface area contributed by atoms with E-state index in [4.69, 9.17) is 4.99 Å². The fourth-order valence-corrected chi connectivity index (χ4v) is 4.49. The molecular weight excluding hydrogens is 439 g/mol. The summed E-state index contributed by atoms with van der Waals surface area (Å²) < 4.78 is 0.312. The second kappa shape index (κ2) is 10.1. The number of rotatable bonds is 5. The number of aryl methyl sites for hydroxylation is 2. The summed E-state index contributed by atoms with van der Waals surface area (Å²) in [6.45, 7) is 12.8. The molecule has 2 rings (SSSR count). The van der Waals surface area contributed by atoms with Crippen LogP contribution < -0.4 is 5.32 Å². The Labute approximate surface area is 166 Å². The van der Waals surface area contributed by atoms with Crippen molar-refractivity contribution in [2.45, 2.75) is 45.3 Å². The molecule has 1 saturated heterocycles. The van der Waals surface area contributed by atoms with E-state index in [9.17, 15) is 0 Å². The molecule has 0 atom stereocenters. The number of halogens is 1. The molecule has 1 aliphatic heterocycles. The van der Waals surface area contributed by atoms with Crippen LogP contribution in [0.4, 0.5) is 0 Å². The van der Waals surface area contributed by atoms with Crippen molar-refractivity contribution in [3.05, 3.63) is 16.1 Å². The molecule has 0 amide bonds. The summed E-state index contributed by atoms with van der Waals surface area (Å²) in [6, 6.07) is 0. The lowest BCUT2D eigenvalue weighted by atomic mass is 10.2.